The molecule has 5 heteroatoms. The SMILES string of the molecule is O=C(COc1cccc2ccc(N3CCCC3)nc12)Nc1ccccc1. The Bertz CT molecular complexity index is 906. The Morgan fingerprint density at radius 2 is 1.81 bits per heavy atom. The van der Waals surface area contributed by atoms with Crippen molar-refractivity contribution in [2.24, 2.45) is 0 Å². The fourth-order valence-corrected chi connectivity index (χ4v) is 3.21. The van der Waals surface area contributed by atoms with Crippen molar-refractivity contribution in [3.63, 3.8) is 0 Å². The minimum absolute atomic E-state index is 0.0520. The van der Waals surface area contributed by atoms with E-state index in [4.69, 9.17) is 9.72 Å². The molecule has 0 spiro atoms. The van der Waals surface area contributed by atoms with E-state index in [2.05, 4.69) is 22.3 Å². The number of nitrogens with zero attached hydrogens (tertiary/aromatic N) is 2. The Kier molecular flexibility index (Phi) is 4.69. The summed E-state index contributed by atoms with van der Waals surface area (Å²) in [6.07, 6.45) is 2.41. The van der Waals surface area contributed by atoms with Crippen molar-refractivity contribution in [3.05, 3.63) is 60.7 Å². The van der Waals surface area contributed by atoms with E-state index in [9.17, 15) is 4.79 Å². The molecule has 1 aromatic heterocycles. The van der Waals surface area contributed by atoms with Gasteiger partial charge in [0.1, 0.15) is 17.1 Å². The van der Waals surface area contributed by atoms with Gasteiger partial charge in [0.15, 0.2) is 6.61 Å². The van der Waals surface area contributed by atoms with Gasteiger partial charge in [0, 0.05) is 24.2 Å². The van der Waals surface area contributed by atoms with Gasteiger partial charge in [-0.15, -0.1) is 0 Å². The first-order chi connectivity index (χ1) is 12.8. The third-order valence-corrected chi connectivity index (χ3v) is 4.51. The summed E-state index contributed by atoms with van der Waals surface area (Å²) in [5.41, 5.74) is 1.55. The maximum absolute atomic E-state index is 12.1. The zero-order valence-corrected chi connectivity index (χ0v) is 14.5. The van der Waals surface area contributed by atoms with Crippen LogP contribution in [0.5, 0.6) is 5.75 Å². The Morgan fingerprint density at radius 1 is 1.00 bits per heavy atom. The van der Waals surface area contributed by atoms with Crippen molar-refractivity contribution in [1.29, 1.82) is 0 Å². The zero-order valence-electron chi connectivity index (χ0n) is 14.5. The third-order valence-electron chi connectivity index (χ3n) is 4.51. The Morgan fingerprint density at radius 3 is 2.62 bits per heavy atom. The summed E-state index contributed by atoms with van der Waals surface area (Å²) in [7, 11) is 0. The monoisotopic (exact) mass is 347 g/mol. The second kappa shape index (κ2) is 7.44. The molecule has 0 radical (unpaired) electrons. The van der Waals surface area contributed by atoms with Gasteiger partial charge in [-0.3, -0.25) is 4.79 Å². The summed E-state index contributed by atoms with van der Waals surface area (Å²) >= 11 is 0. The lowest BCUT2D eigenvalue weighted by molar-refractivity contribution is -0.118. The predicted octanol–water partition coefficient (Wildman–Crippen LogP) is 3.85. The summed E-state index contributed by atoms with van der Waals surface area (Å²) in [6, 6.07) is 19.3. The number of aromatic nitrogens is 1. The van der Waals surface area contributed by atoms with Crippen LogP contribution in [0, 0.1) is 0 Å². The second-order valence-corrected chi connectivity index (χ2v) is 6.39. The molecule has 1 saturated heterocycles. The first kappa shape index (κ1) is 16.4. The van der Waals surface area contributed by atoms with Crippen molar-refractivity contribution in [3.8, 4) is 5.75 Å². The molecule has 132 valence electrons. The second-order valence-electron chi connectivity index (χ2n) is 6.39. The largest absolute Gasteiger partial charge is 0.481 e. The summed E-state index contributed by atoms with van der Waals surface area (Å²) in [5.74, 6) is 1.41. The quantitative estimate of drug-likeness (QED) is 0.762. The molecule has 5 nitrogen and oxygen atoms in total. The van der Waals surface area contributed by atoms with Crippen LogP contribution in [-0.4, -0.2) is 30.6 Å². The van der Waals surface area contributed by atoms with Crippen LogP contribution in [0.3, 0.4) is 0 Å². The average molecular weight is 347 g/mol. The van der Waals surface area contributed by atoms with Gasteiger partial charge in [0.05, 0.1) is 0 Å². The van der Waals surface area contributed by atoms with E-state index in [1.54, 1.807) is 0 Å². The van der Waals surface area contributed by atoms with Crippen LogP contribution in [0.25, 0.3) is 10.9 Å². The molecule has 1 aliphatic heterocycles. The van der Waals surface area contributed by atoms with Gasteiger partial charge in [-0.1, -0.05) is 30.3 Å². The Balaban J connectivity index is 1.50. The van der Waals surface area contributed by atoms with Gasteiger partial charge in [0.2, 0.25) is 0 Å². The van der Waals surface area contributed by atoms with E-state index in [1.807, 2.05) is 48.5 Å². The molecule has 1 N–H and O–H groups in total. The average Bonchev–Trinajstić information content (AvgIpc) is 3.21. The van der Waals surface area contributed by atoms with Crippen LogP contribution >= 0.6 is 0 Å². The fraction of sp³-hybridized carbons (Fsp3) is 0.238. The first-order valence-electron chi connectivity index (χ1n) is 8.92. The van der Waals surface area contributed by atoms with Gasteiger partial charge < -0.3 is 15.0 Å². The van der Waals surface area contributed by atoms with Crippen molar-refractivity contribution in [2.75, 3.05) is 29.9 Å². The summed E-state index contributed by atoms with van der Waals surface area (Å²) in [6.45, 7) is 2.03. The van der Waals surface area contributed by atoms with E-state index in [1.165, 1.54) is 12.8 Å². The number of carbonyl (C=O) groups is 1. The molecule has 2 heterocycles. The highest BCUT2D eigenvalue weighted by atomic mass is 16.5. The van der Waals surface area contributed by atoms with Gasteiger partial charge in [-0.25, -0.2) is 4.98 Å². The van der Waals surface area contributed by atoms with Crippen LogP contribution in [0.2, 0.25) is 0 Å². The zero-order chi connectivity index (χ0) is 17.8. The highest BCUT2D eigenvalue weighted by molar-refractivity contribution is 5.92. The number of hydrogen-bond donors (Lipinski definition) is 1. The molecule has 3 aromatic rings. The molecule has 0 unspecified atom stereocenters. The van der Waals surface area contributed by atoms with Crippen LogP contribution in [0.15, 0.2) is 60.7 Å². The normalized spacial score (nSPS) is 13.8. The number of nitrogens with one attached hydrogen (secondary N) is 1. The maximum Gasteiger partial charge on any atom is 0.262 e. The Labute approximate surface area is 152 Å². The van der Waals surface area contributed by atoms with E-state index in [0.717, 1.165) is 35.5 Å². The molecule has 4 rings (SSSR count). The smallest absolute Gasteiger partial charge is 0.262 e. The molecule has 26 heavy (non-hydrogen) atoms. The van der Waals surface area contributed by atoms with Gasteiger partial charge in [-0.2, -0.15) is 0 Å². The number of fused-ring (bicyclic) bond motifs is 1. The number of para-hydroxylation sites is 2. The number of rotatable bonds is 5. The van der Waals surface area contributed by atoms with Crippen LogP contribution in [-0.2, 0) is 4.79 Å². The van der Waals surface area contributed by atoms with E-state index < -0.39 is 0 Å². The topological polar surface area (TPSA) is 54.5 Å². The standard InChI is InChI=1S/C21H21N3O2/c25-20(22-17-8-2-1-3-9-17)15-26-18-10-6-7-16-11-12-19(23-21(16)18)24-13-4-5-14-24/h1-3,6-12H,4-5,13-15H2,(H,22,25). The molecule has 0 saturated carbocycles. The lowest BCUT2D eigenvalue weighted by Gasteiger charge is -2.17. The molecule has 0 bridgehead atoms. The lowest BCUT2D eigenvalue weighted by Crippen LogP contribution is -2.20. The number of hydrogen-bond acceptors (Lipinski definition) is 4. The van der Waals surface area contributed by atoms with Crippen LogP contribution in [0.4, 0.5) is 11.5 Å². The van der Waals surface area contributed by atoms with Crippen molar-refractivity contribution in [2.45, 2.75) is 12.8 Å². The molecule has 1 fully saturated rings. The van der Waals surface area contributed by atoms with Gasteiger partial charge in [-0.05, 0) is 43.2 Å². The van der Waals surface area contributed by atoms with E-state index in [-0.39, 0.29) is 12.5 Å². The number of ether oxygens (including phenoxy) is 1. The molecule has 0 atom stereocenters. The third kappa shape index (κ3) is 3.61. The van der Waals surface area contributed by atoms with Crippen molar-refractivity contribution < 1.29 is 9.53 Å². The van der Waals surface area contributed by atoms with Gasteiger partial charge in [0.25, 0.3) is 5.91 Å². The minimum Gasteiger partial charge on any atom is -0.481 e. The molecule has 1 amide bonds. The first-order valence-corrected chi connectivity index (χ1v) is 8.92. The van der Waals surface area contributed by atoms with Crippen LogP contribution in [0.1, 0.15) is 12.8 Å². The summed E-state index contributed by atoms with van der Waals surface area (Å²) < 4.78 is 5.78. The lowest BCUT2D eigenvalue weighted by atomic mass is 10.2. The predicted molar refractivity (Wildman–Crippen MR) is 104 cm³/mol. The molecular weight excluding hydrogens is 326 g/mol. The van der Waals surface area contributed by atoms with E-state index in [0.29, 0.717) is 5.75 Å². The fourth-order valence-electron chi connectivity index (χ4n) is 3.21. The molecule has 1 aliphatic rings. The number of benzene rings is 2. The Hall–Kier alpha value is -3.08. The number of carbonyl (C=O) groups excluding carboxylic acids is 1. The van der Waals surface area contributed by atoms with Gasteiger partial charge >= 0.3 is 0 Å². The number of pyridine rings is 1. The molecular formula is C21H21N3O2. The number of anilines is 2. The highest BCUT2D eigenvalue weighted by Gasteiger charge is 2.15. The van der Waals surface area contributed by atoms with Crippen molar-refractivity contribution in [1.82, 2.24) is 4.98 Å². The van der Waals surface area contributed by atoms with Crippen molar-refractivity contribution >= 4 is 28.3 Å². The van der Waals surface area contributed by atoms with Crippen LogP contribution < -0.4 is 15.0 Å². The highest BCUT2D eigenvalue weighted by Crippen LogP contribution is 2.27. The molecule has 0 aliphatic carbocycles. The summed E-state index contributed by atoms with van der Waals surface area (Å²) in [4.78, 5) is 19.2. The summed E-state index contributed by atoms with van der Waals surface area (Å²) in [5, 5.41) is 3.83. The van der Waals surface area contributed by atoms with E-state index >= 15 is 0 Å². The minimum atomic E-state index is -0.191. The molecule has 2 aromatic carbocycles. The maximum atomic E-state index is 12.1. The number of amides is 1.